The van der Waals surface area contributed by atoms with Gasteiger partial charge < -0.3 is 29.5 Å². The van der Waals surface area contributed by atoms with Crippen LogP contribution in [0.3, 0.4) is 0 Å². The smallest absolute Gasteiger partial charge is 0.253 e. The van der Waals surface area contributed by atoms with E-state index in [1.807, 2.05) is 60.7 Å². The van der Waals surface area contributed by atoms with Crippen molar-refractivity contribution in [1.82, 2.24) is 10.6 Å². The molecule has 37 heavy (non-hydrogen) atoms. The fourth-order valence-electron chi connectivity index (χ4n) is 3.21. The summed E-state index contributed by atoms with van der Waals surface area (Å²) >= 11 is 11.9. The predicted octanol–water partition coefficient (Wildman–Crippen LogP) is 5.45. The number of quaternary nitrogens is 1. The van der Waals surface area contributed by atoms with E-state index in [0.29, 0.717) is 39.9 Å². The average Bonchev–Trinajstić information content (AvgIpc) is 2.90. The van der Waals surface area contributed by atoms with Crippen LogP contribution in [0, 0.1) is 7.43 Å². The molecule has 0 saturated heterocycles. The minimum absolute atomic E-state index is 0. The summed E-state index contributed by atoms with van der Waals surface area (Å²) < 4.78 is 0. The standard InChI is InChI=1S/2C14H13ClN2O.CH3/c2*15-13-7-6-11(16)8-12(13)14(18)17-9-10-4-2-1-3-5-10;/h2*1-8H,9,16H2,(H,17,18);1H3/q;;-1/p+1. The fourth-order valence-corrected chi connectivity index (χ4v) is 3.62. The number of hydrogen-bond donors (Lipinski definition) is 4. The van der Waals surface area contributed by atoms with Crippen LogP contribution in [0.2, 0.25) is 10.0 Å². The topological polar surface area (TPSA) is 112 Å². The Morgan fingerprint density at radius 2 is 1.11 bits per heavy atom. The van der Waals surface area contributed by atoms with Gasteiger partial charge in [-0.15, -0.1) is 0 Å². The van der Waals surface area contributed by atoms with Crippen LogP contribution in [0.4, 0.5) is 11.4 Å². The summed E-state index contributed by atoms with van der Waals surface area (Å²) in [4.78, 5) is 23.9. The third-order valence-electron chi connectivity index (χ3n) is 5.10. The Morgan fingerprint density at radius 3 is 1.59 bits per heavy atom. The van der Waals surface area contributed by atoms with Crippen LogP contribution in [0.25, 0.3) is 0 Å². The van der Waals surface area contributed by atoms with E-state index in [2.05, 4.69) is 16.4 Å². The third kappa shape index (κ3) is 9.28. The number of nitrogens with two attached hydrogens (primary N) is 1. The van der Waals surface area contributed by atoms with Gasteiger partial charge in [0.05, 0.1) is 21.2 Å². The van der Waals surface area contributed by atoms with E-state index in [0.717, 1.165) is 16.8 Å². The van der Waals surface area contributed by atoms with Crippen molar-refractivity contribution in [3.63, 3.8) is 0 Å². The molecule has 2 amide bonds. The molecule has 0 aromatic heterocycles. The molecule has 192 valence electrons. The first-order valence-electron chi connectivity index (χ1n) is 11.1. The summed E-state index contributed by atoms with van der Waals surface area (Å²) in [5, 5.41) is 6.47. The third-order valence-corrected chi connectivity index (χ3v) is 5.76. The minimum atomic E-state index is -0.226. The van der Waals surface area contributed by atoms with E-state index in [9.17, 15) is 9.59 Å². The molecule has 0 unspecified atom stereocenters. The molecule has 0 aliphatic heterocycles. The van der Waals surface area contributed by atoms with E-state index in [-0.39, 0.29) is 19.2 Å². The highest BCUT2D eigenvalue weighted by molar-refractivity contribution is 6.34. The van der Waals surface area contributed by atoms with Crippen molar-refractivity contribution < 1.29 is 15.3 Å². The number of hydrogen-bond acceptors (Lipinski definition) is 3. The van der Waals surface area contributed by atoms with E-state index in [1.165, 1.54) is 0 Å². The van der Waals surface area contributed by atoms with Gasteiger partial charge in [-0.25, -0.2) is 0 Å². The molecule has 0 atom stereocenters. The molecular formula is C29H30Cl2N4O2. The number of nitrogens with one attached hydrogen (secondary N) is 2. The Morgan fingerprint density at radius 1 is 0.676 bits per heavy atom. The number of amides is 2. The largest absolute Gasteiger partial charge is 0.399 e. The second-order valence-corrected chi connectivity index (χ2v) is 8.70. The number of benzene rings is 4. The van der Waals surface area contributed by atoms with Crippen molar-refractivity contribution in [3.8, 4) is 0 Å². The molecule has 4 aromatic carbocycles. The lowest BCUT2D eigenvalue weighted by Gasteiger charge is -2.07. The number of carbonyl (C=O) groups is 2. The van der Waals surface area contributed by atoms with Crippen LogP contribution in [0.15, 0.2) is 97.1 Å². The van der Waals surface area contributed by atoms with Gasteiger partial charge in [0.2, 0.25) is 0 Å². The number of anilines is 1. The van der Waals surface area contributed by atoms with E-state index in [1.54, 1.807) is 36.4 Å². The second kappa shape index (κ2) is 14.7. The summed E-state index contributed by atoms with van der Waals surface area (Å²) in [5.74, 6) is -0.412. The molecule has 0 aliphatic carbocycles. The molecule has 6 nitrogen and oxygen atoms in total. The van der Waals surface area contributed by atoms with Gasteiger partial charge in [0, 0.05) is 30.9 Å². The van der Waals surface area contributed by atoms with Gasteiger partial charge in [-0.05, 0) is 35.4 Å². The summed E-state index contributed by atoms with van der Waals surface area (Å²) in [5.41, 5.74) is 13.6. The van der Waals surface area contributed by atoms with E-state index in [4.69, 9.17) is 28.9 Å². The van der Waals surface area contributed by atoms with Crippen molar-refractivity contribution in [3.05, 3.63) is 137 Å². The van der Waals surface area contributed by atoms with Crippen LogP contribution in [0.1, 0.15) is 31.8 Å². The maximum Gasteiger partial charge on any atom is 0.253 e. The minimum Gasteiger partial charge on any atom is -0.399 e. The Balaban J connectivity index is 0.000000253. The number of rotatable bonds is 6. The summed E-state index contributed by atoms with van der Waals surface area (Å²) in [6.07, 6.45) is 0. The molecule has 0 fully saturated rings. The summed E-state index contributed by atoms with van der Waals surface area (Å²) in [6.45, 7) is 0.947. The highest BCUT2D eigenvalue weighted by Gasteiger charge is 2.11. The Labute approximate surface area is 227 Å². The Kier molecular flexibility index (Phi) is 11.6. The molecule has 8 heteroatoms. The van der Waals surface area contributed by atoms with Crippen LogP contribution < -0.4 is 22.1 Å². The maximum atomic E-state index is 12.0. The van der Waals surface area contributed by atoms with E-state index < -0.39 is 0 Å². The second-order valence-electron chi connectivity index (χ2n) is 7.89. The van der Waals surface area contributed by atoms with Crippen LogP contribution >= 0.6 is 23.2 Å². The number of nitrogen functional groups attached to an aromatic ring is 1. The van der Waals surface area contributed by atoms with Gasteiger partial charge in [-0.2, -0.15) is 0 Å². The van der Waals surface area contributed by atoms with Gasteiger partial charge >= 0.3 is 0 Å². The van der Waals surface area contributed by atoms with Gasteiger partial charge in [0.1, 0.15) is 5.69 Å². The molecule has 4 aromatic rings. The average molecular weight is 537 g/mol. The lowest BCUT2D eigenvalue weighted by atomic mass is 10.1. The zero-order chi connectivity index (χ0) is 25.9. The van der Waals surface area contributed by atoms with Crippen LogP contribution in [-0.4, -0.2) is 11.8 Å². The zero-order valence-electron chi connectivity index (χ0n) is 20.5. The molecule has 0 spiro atoms. The van der Waals surface area contributed by atoms with E-state index >= 15 is 0 Å². The monoisotopic (exact) mass is 536 g/mol. The molecule has 0 saturated carbocycles. The molecule has 4 rings (SSSR count). The maximum absolute atomic E-state index is 12.0. The number of carbonyl (C=O) groups excluding carboxylic acids is 2. The van der Waals surface area contributed by atoms with Gasteiger partial charge in [0.25, 0.3) is 11.8 Å². The Bertz CT molecular complexity index is 1210. The number of halogens is 2. The van der Waals surface area contributed by atoms with Crippen molar-refractivity contribution in [2.24, 2.45) is 0 Å². The van der Waals surface area contributed by atoms with Crippen molar-refractivity contribution in [2.75, 3.05) is 5.73 Å². The molecular weight excluding hydrogens is 507 g/mol. The lowest BCUT2D eigenvalue weighted by molar-refractivity contribution is -0.254. The summed E-state index contributed by atoms with van der Waals surface area (Å²) in [6, 6.07) is 29.4. The van der Waals surface area contributed by atoms with Crippen molar-refractivity contribution in [1.29, 1.82) is 0 Å². The highest BCUT2D eigenvalue weighted by atomic mass is 35.5. The molecule has 0 radical (unpaired) electrons. The first kappa shape index (κ1) is 29.4. The quantitative estimate of drug-likeness (QED) is 0.194. The predicted molar refractivity (Wildman–Crippen MR) is 152 cm³/mol. The van der Waals surface area contributed by atoms with Crippen molar-refractivity contribution in [2.45, 2.75) is 13.1 Å². The van der Waals surface area contributed by atoms with Crippen LogP contribution in [-0.2, 0) is 13.1 Å². The zero-order valence-corrected chi connectivity index (χ0v) is 22.0. The van der Waals surface area contributed by atoms with Gasteiger partial charge in [-0.1, -0.05) is 83.9 Å². The molecule has 0 heterocycles. The lowest BCUT2D eigenvalue weighted by Crippen LogP contribution is -2.40. The molecule has 7 N–H and O–H groups in total. The SMILES string of the molecule is Nc1ccc(Cl)c(C(=O)NCc2ccccc2)c1.[CH3-].[NH3+]c1ccc(Cl)c(C(=O)NCc2ccccc2)c1. The highest BCUT2D eigenvalue weighted by Crippen LogP contribution is 2.19. The summed E-state index contributed by atoms with van der Waals surface area (Å²) in [7, 11) is 0. The first-order chi connectivity index (χ1) is 17.3. The Hall–Kier alpha value is -3.84. The van der Waals surface area contributed by atoms with Gasteiger partial charge in [-0.3, -0.25) is 9.59 Å². The molecule has 0 aliphatic rings. The van der Waals surface area contributed by atoms with Crippen LogP contribution in [0.5, 0.6) is 0 Å². The fraction of sp³-hybridized carbons (Fsp3) is 0.0690. The van der Waals surface area contributed by atoms with Gasteiger partial charge in [0.15, 0.2) is 0 Å². The normalized spacial score (nSPS) is 9.81. The first-order valence-corrected chi connectivity index (χ1v) is 11.9. The molecule has 0 bridgehead atoms. The van der Waals surface area contributed by atoms with Crippen molar-refractivity contribution >= 4 is 46.4 Å².